The number of aliphatic carboxylic acids is 1. The number of aliphatic hydroxyl groups excluding tert-OH is 1. The Labute approximate surface area is 227 Å². The molecule has 0 unspecified atom stereocenters. The largest absolute Gasteiger partial charge is 0.481 e. The fraction of sp³-hybridized carbons (Fsp3) is 0.222. The number of rotatable bonds is 8. The zero-order chi connectivity index (χ0) is 29.0. The molecule has 2 aromatic carbocycles. The molecule has 0 radical (unpaired) electrons. The van der Waals surface area contributed by atoms with Gasteiger partial charge in [0.15, 0.2) is 0 Å². The number of carboxylic acid groups (broad SMARTS) is 1. The van der Waals surface area contributed by atoms with Crippen LogP contribution in [-0.2, 0) is 24.0 Å². The number of carboxylic acids is 1. The molecule has 13 nitrogen and oxygen atoms in total. The van der Waals surface area contributed by atoms with Crippen LogP contribution in [0.1, 0.15) is 23.8 Å². The van der Waals surface area contributed by atoms with Crippen molar-refractivity contribution >= 4 is 58.0 Å². The number of anilines is 2. The van der Waals surface area contributed by atoms with Gasteiger partial charge in [0.05, 0.1) is 24.3 Å². The number of benzene rings is 2. The van der Waals surface area contributed by atoms with Crippen LogP contribution in [0.2, 0.25) is 0 Å². The first kappa shape index (κ1) is 27.9. The number of aldehydes is 1. The Morgan fingerprint density at radius 2 is 1.77 bits per heavy atom. The average Bonchev–Trinajstić information content (AvgIpc) is 3.06. The van der Waals surface area contributed by atoms with Gasteiger partial charge in [-0.2, -0.15) is 0 Å². The lowest BCUT2D eigenvalue weighted by Gasteiger charge is -2.38. The molecule has 0 bridgehead atoms. The molecule has 4 rings (SSSR count). The molecule has 2 atom stereocenters. The third kappa shape index (κ3) is 5.35. The van der Waals surface area contributed by atoms with E-state index in [-0.39, 0.29) is 23.4 Å². The number of fused-ring (bicyclic) bond motifs is 2. The summed E-state index contributed by atoms with van der Waals surface area (Å²) in [5, 5.41) is 24.3. The summed E-state index contributed by atoms with van der Waals surface area (Å²) in [7, 11) is 0. The zero-order valence-corrected chi connectivity index (χ0v) is 21.3. The molecule has 0 saturated carbocycles. The number of aliphatic hydroxyl groups is 1. The molecule has 3 N–H and O–H groups in total. The SMILES string of the molecule is CC(=O)N([C@H](C=O)CC(=O)O)N1C(=O)[C@@H](NC(=O)c2nccc3ccccc23)CN(C(=O)CO)c2ccccc21. The number of hydrazine groups is 1. The maximum atomic E-state index is 14.1. The molecule has 13 heteroatoms. The van der Waals surface area contributed by atoms with E-state index in [0.29, 0.717) is 15.8 Å². The van der Waals surface area contributed by atoms with E-state index in [0.717, 1.165) is 16.8 Å². The minimum Gasteiger partial charge on any atom is -0.481 e. The second-order valence-corrected chi connectivity index (χ2v) is 8.87. The van der Waals surface area contributed by atoms with Gasteiger partial charge in [-0.05, 0) is 23.6 Å². The lowest BCUT2D eigenvalue weighted by Crippen LogP contribution is -2.61. The number of carbonyl (C=O) groups excluding carboxylic acids is 5. The number of nitrogens with one attached hydrogen (secondary N) is 1. The summed E-state index contributed by atoms with van der Waals surface area (Å²) in [4.78, 5) is 81.8. The molecule has 3 aromatic rings. The fourth-order valence-electron chi connectivity index (χ4n) is 4.57. The van der Waals surface area contributed by atoms with Crippen LogP contribution in [0.15, 0.2) is 60.8 Å². The molecule has 0 aliphatic carbocycles. The van der Waals surface area contributed by atoms with E-state index < -0.39 is 61.3 Å². The van der Waals surface area contributed by atoms with Gasteiger partial charge in [-0.25, -0.2) is 10.0 Å². The van der Waals surface area contributed by atoms with Crippen molar-refractivity contribution < 1.29 is 39.0 Å². The molecule has 0 fully saturated rings. The minimum absolute atomic E-state index is 0.000634. The molecule has 1 aliphatic heterocycles. The summed E-state index contributed by atoms with van der Waals surface area (Å²) < 4.78 is 0. The van der Waals surface area contributed by atoms with Crippen LogP contribution in [0.5, 0.6) is 0 Å². The highest BCUT2D eigenvalue weighted by molar-refractivity contribution is 6.11. The first-order valence-electron chi connectivity index (χ1n) is 12.1. The molecular weight excluding hydrogens is 522 g/mol. The second-order valence-electron chi connectivity index (χ2n) is 8.87. The normalized spacial score (nSPS) is 15.6. The molecule has 1 aromatic heterocycles. The highest BCUT2D eigenvalue weighted by atomic mass is 16.4. The van der Waals surface area contributed by atoms with Crippen molar-refractivity contribution in [3.8, 4) is 0 Å². The number of hydrogen-bond donors (Lipinski definition) is 3. The number of para-hydroxylation sites is 2. The summed E-state index contributed by atoms with van der Waals surface area (Å²) in [5.74, 6) is -4.74. The lowest BCUT2D eigenvalue weighted by molar-refractivity contribution is -0.145. The Morgan fingerprint density at radius 1 is 1.10 bits per heavy atom. The standard InChI is InChI=1S/C27H25N5O8/c1-16(35)31(18(14-33)12-24(37)38)32-22-9-5-4-8-21(22)30(23(36)15-34)13-20(27(32)40)29-26(39)25-19-7-3-2-6-17(19)10-11-28-25/h2-11,14,18,20,34H,12-13,15H2,1H3,(H,29,39)(H,37,38)/t18-,20-/m0/s1. The smallest absolute Gasteiger partial charge is 0.305 e. The van der Waals surface area contributed by atoms with Crippen molar-refractivity contribution in [1.82, 2.24) is 15.3 Å². The molecule has 0 saturated heterocycles. The maximum absolute atomic E-state index is 14.1. The molecular formula is C27H25N5O8. The van der Waals surface area contributed by atoms with Crippen LogP contribution in [0, 0.1) is 0 Å². The van der Waals surface area contributed by atoms with E-state index in [2.05, 4.69) is 10.3 Å². The number of pyridine rings is 1. The van der Waals surface area contributed by atoms with Crippen LogP contribution in [0.3, 0.4) is 0 Å². The average molecular weight is 548 g/mol. The molecule has 1 aliphatic rings. The third-order valence-corrected chi connectivity index (χ3v) is 6.30. The molecule has 206 valence electrons. The number of hydrogen-bond acceptors (Lipinski definition) is 8. The van der Waals surface area contributed by atoms with Crippen LogP contribution in [-0.4, -0.2) is 81.3 Å². The Hall–Kier alpha value is -5.17. The predicted molar refractivity (Wildman–Crippen MR) is 141 cm³/mol. The highest BCUT2D eigenvalue weighted by Gasteiger charge is 2.42. The van der Waals surface area contributed by atoms with E-state index in [1.807, 2.05) is 0 Å². The summed E-state index contributed by atoms with van der Waals surface area (Å²) >= 11 is 0. The zero-order valence-electron chi connectivity index (χ0n) is 21.3. The summed E-state index contributed by atoms with van der Waals surface area (Å²) in [5.41, 5.74) is 0.0437. The maximum Gasteiger partial charge on any atom is 0.305 e. The van der Waals surface area contributed by atoms with Gasteiger partial charge >= 0.3 is 5.97 Å². The minimum atomic E-state index is -1.59. The second kappa shape index (κ2) is 11.7. The van der Waals surface area contributed by atoms with Crippen LogP contribution in [0.4, 0.5) is 11.4 Å². The number of nitrogens with zero attached hydrogens (tertiary/aromatic N) is 4. The monoisotopic (exact) mass is 547 g/mol. The van der Waals surface area contributed by atoms with Crippen molar-refractivity contribution in [1.29, 1.82) is 0 Å². The summed E-state index contributed by atoms with van der Waals surface area (Å²) in [6.45, 7) is -0.331. The van der Waals surface area contributed by atoms with E-state index in [1.54, 1.807) is 36.4 Å². The van der Waals surface area contributed by atoms with Crippen molar-refractivity contribution in [2.75, 3.05) is 23.1 Å². The quantitative estimate of drug-likeness (QED) is 0.339. The van der Waals surface area contributed by atoms with E-state index >= 15 is 0 Å². The Bertz CT molecular complexity index is 1500. The van der Waals surface area contributed by atoms with Crippen molar-refractivity contribution in [3.05, 3.63) is 66.5 Å². The fourth-order valence-corrected chi connectivity index (χ4v) is 4.57. The number of carbonyl (C=O) groups is 6. The first-order chi connectivity index (χ1) is 19.2. The first-order valence-corrected chi connectivity index (χ1v) is 12.1. The Kier molecular flexibility index (Phi) is 8.15. The third-order valence-electron chi connectivity index (χ3n) is 6.30. The summed E-state index contributed by atoms with van der Waals surface area (Å²) in [6.07, 6.45) is 0.833. The van der Waals surface area contributed by atoms with Gasteiger partial charge in [-0.3, -0.25) is 29.0 Å². The summed E-state index contributed by atoms with van der Waals surface area (Å²) in [6, 6.07) is 11.4. The lowest BCUT2D eigenvalue weighted by atomic mass is 10.1. The van der Waals surface area contributed by atoms with E-state index in [1.165, 1.54) is 24.4 Å². The number of amides is 4. The van der Waals surface area contributed by atoms with Crippen LogP contribution in [0.25, 0.3) is 10.8 Å². The Balaban J connectivity index is 1.85. The molecule has 2 heterocycles. The molecule has 40 heavy (non-hydrogen) atoms. The van der Waals surface area contributed by atoms with Gasteiger partial charge in [-0.1, -0.05) is 36.4 Å². The molecule has 4 amide bonds. The topological polar surface area (TPSA) is 178 Å². The van der Waals surface area contributed by atoms with E-state index in [9.17, 15) is 39.0 Å². The Morgan fingerprint density at radius 3 is 2.42 bits per heavy atom. The van der Waals surface area contributed by atoms with Gasteiger partial charge in [0.25, 0.3) is 17.7 Å². The molecule has 0 spiro atoms. The van der Waals surface area contributed by atoms with Crippen molar-refractivity contribution in [3.63, 3.8) is 0 Å². The van der Waals surface area contributed by atoms with Crippen molar-refractivity contribution in [2.45, 2.75) is 25.4 Å². The van der Waals surface area contributed by atoms with Crippen LogP contribution >= 0.6 is 0 Å². The van der Waals surface area contributed by atoms with Gasteiger partial charge in [0.2, 0.25) is 5.91 Å². The van der Waals surface area contributed by atoms with Crippen LogP contribution < -0.4 is 15.2 Å². The number of aromatic nitrogens is 1. The van der Waals surface area contributed by atoms with Gasteiger partial charge in [0.1, 0.15) is 30.7 Å². The highest BCUT2D eigenvalue weighted by Crippen LogP contribution is 2.35. The van der Waals surface area contributed by atoms with Gasteiger partial charge in [-0.15, -0.1) is 0 Å². The van der Waals surface area contributed by atoms with Gasteiger partial charge in [0, 0.05) is 18.5 Å². The van der Waals surface area contributed by atoms with Gasteiger partial charge < -0.3 is 25.2 Å². The van der Waals surface area contributed by atoms with E-state index in [4.69, 9.17) is 0 Å². The van der Waals surface area contributed by atoms with Crippen molar-refractivity contribution in [2.24, 2.45) is 0 Å². The predicted octanol–water partition coefficient (Wildman–Crippen LogP) is 0.511.